The molecule has 0 aromatic carbocycles. The SMILES string of the molecule is C.O=[C-]N1CCC(O)C(O)C1.[Rb+]. The fourth-order valence-electron chi connectivity index (χ4n) is 1.00. The van der Waals surface area contributed by atoms with Gasteiger partial charge in [0.2, 0.25) is 0 Å². The number of aliphatic hydroxyl groups excluding tert-OH is 2. The molecule has 0 spiro atoms. The van der Waals surface area contributed by atoms with Gasteiger partial charge in [0.25, 0.3) is 0 Å². The molecular formula is C7H14NO3Rb. The average Bonchev–Trinajstić information content (AvgIpc) is 1.95. The van der Waals surface area contributed by atoms with E-state index in [0.717, 1.165) is 0 Å². The molecule has 2 atom stereocenters. The Bertz CT molecular complexity index is 134. The molecule has 0 aliphatic carbocycles. The van der Waals surface area contributed by atoms with Crippen molar-refractivity contribution in [2.24, 2.45) is 0 Å². The zero-order chi connectivity index (χ0) is 7.56. The maximum Gasteiger partial charge on any atom is 1.00 e. The number of likely N-dealkylation sites (tertiary alicyclic amines) is 1. The van der Waals surface area contributed by atoms with Crippen molar-refractivity contribution in [2.75, 3.05) is 13.1 Å². The van der Waals surface area contributed by atoms with Crippen molar-refractivity contribution < 1.29 is 73.2 Å². The molecule has 0 saturated carbocycles. The van der Waals surface area contributed by atoms with Crippen molar-refractivity contribution in [1.82, 2.24) is 4.90 Å². The number of aliphatic hydroxyl groups is 2. The Kier molecular flexibility index (Phi) is 9.90. The standard InChI is InChI=1S/C6H10NO3.CH4.Rb/c8-4-7-2-1-5(9)6(10)3-7;;/h5-6,9-10H,1-3H2;1H4;/q-1;;+1. The molecule has 1 rings (SSSR count). The van der Waals surface area contributed by atoms with Crippen molar-refractivity contribution in [2.45, 2.75) is 26.1 Å². The summed E-state index contributed by atoms with van der Waals surface area (Å²) in [4.78, 5) is 11.4. The quantitative estimate of drug-likeness (QED) is 0.465. The summed E-state index contributed by atoms with van der Waals surface area (Å²) in [6.45, 7) is 0.687. The van der Waals surface area contributed by atoms with Gasteiger partial charge >= 0.3 is 58.2 Å². The predicted octanol–water partition coefficient (Wildman–Crippen LogP) is -3.88. The third-order valence-corrected chi connectivity index (χ3v) is 1.68. The number of β-amino-alcohol motifs (C(OH)–C–C–N with tert-alkyl or cyclic N) is 1. The van der Waals surface area contributed by atoms with Crippen LogP contribution in [-0.2, 0) is 4.79 Å². The van der Waals surface area contributed by atoms with Gasteiger partial charge < -0.3 is 19.9 Å². The first kappa shape index (κ1) is 15.7. The summed E-state index contributed by atoms with van der Waals surface area (Å²) in [7, 11) is 0. The van der Waals surface area contributed by atoms with Gasteiger partial charge in [-0.25, -0.2) is 0 Å². The summed E-state index contributed by atoms with van der Waals surface area (Å²) in [6, 6.07) is 0. The van der Waals surface area contributed by atoms with E-state index in [4.69, 9.17) is 10.2 Å². The zero-order valence-corrected chi connectivity index (χ0v) is 11.4. The maximum atomic E-state index is 10.0. The van der Waals surface area contributed by atoms with E-state index in [1.807, 2.05) is 0 Å². The second-order valence-corrected chi connectivity index (χ2v) is 2.46. The largest absolute Gasteiger partial charge is 1.00 e. The van der Waals surface area contributed by atoms with Crippen LogP contribution in [0.3, 0.4) is 0 Å². The Hall–Kier alpha value is 1.20. The van der Waals surface area contributed by atoms with Crippen LogP contribution >= 0.6 is 0 Å². The summed E-state index contributed by atoms with van der Waals surface area (Å²) in [6.07, 6.45) is 0.636. The Balaban J connectivity index is 0. The molecule has 5 heteroatoms. The molecule has 1 heterocycles. The van der Waals surface area contributed by atoms with E-state index in [2.05, 4.69) is 0 Å². The first-order valence-corrected chi connectivity index (χ1v) is 3.23. The molecule has 0 radical (unpaired) electrons. The smallest absolute Gasteiger partial charge is 0.520 e. The van der Waals surface area contributed by atoms with E-state index in [1.165, 1.54) is 4.90 Å². The van der Waals surface area contributed by atoms with E-state index < -0.39 is 12.2 Å². The van der Waals surface area contributed by atoms with Crippen LogP contribution in [0.2, 0.25) is 0 Å². The Morgan fingerprint density at radius 3 is 2.33 bits per heavy atom. The molecule has 2 N–H and O–H groups in total. The second kappa shape index (κ2) is 7.59. The predicted molar refractivity (Wildman–Crippen MR) is 40.6 cm³/mol. The second-order valence-electron chi connectivity index (χ2n) is 2.46. The van der Waals surface area contributed by atoms with Gasteiger partial charge in [0.15, 0.2) is 0 Å². The van der Waals surface area contributed by atoms with E-state index in [-0.39, 0.29) is 72.2 Å². The Morgan fingerprint density at radius 2 is 1.92 bits per heavy atom. The van der Waals surface area contributed by atoms with Gasteiger partial charge in [-0.2, -0.15) is 6.41 Å². The molecule has 4 nitrogen and oxygen atoms in total. The first-order chi connectivity index (χ1) is 4.74. The van der Waals surface area contributed by atoms with Crippen LogP contribution in [-0.4, -0.2) is 46.8 Å². The van der Waals surface area contributed by atoms with Crippen molar-refractivity contribution in [3.8, 4) is 0 Å². The summed E-state index contributed by atoms with van der Waals surface area (Å²) < 4.78 is 0. The molecule has 1 amide bonds. The van der Waals surface area contributed by atoms with E-state index in [0.29, 0.717) is 13.0 Å². The van der Waals surface area contributed by atoms with Crippen LogP contribution in [0.4, 0.5) is 0 Å². The van der Waals surface area contributed by atoms with Crippen molar-refractivity contribution >= 4 is 6.41 Å². The minimum atomic E-state index is -0.796. The zero-order valence-electron chi connectivity index (χ0n) is 6.53. The van der Waals surface area contributed by atoms with Gasteiger partial charge in [-0.05, 0) is 13.0 Å². The molecule has 0 aromatic heterocycles. The van der Waals surface area contributed by atoms with Crippen molar-refractivity contribution in [1.29, 1.82) is 0 Å². The molecule has 1 aliphatic rings. The number of rotatable bonds is 1. The van der Waals surface area contributed by atoms with Gasteiger partial charge in [-0.3, -0.25) is 0 Å². The fourth-order valence-corrected chi connectivity index (χ4v) is 1.00. The summed E-state index contributed by atoms with van der Waals surface area (Å²) in [5.74, 6) is 0. The van der Waals surface area contributed by atoms with Crippen LogP contribution in [0.5, 0.6) is 0 Å². The average molecular weight is 246 g/mol. The number of hydrogen-bond acceptors (Lipinski definition) is 3. The van der Waals surface area contributed by atoms with E-state index in [9.17, 15) is 4.79 Å². The third-order valence-electron chi connectivity index (χ3n) is 1.68. The Labute approximate surface area is 122 Å². The third kappa shape index (κ3) is 4.44. The van der Waals surface area contributed by atoms with Gasteiger partial charge in [-0.15, -0.1) is 0 Å². The maximum absolute atomic E-state index is 10.0. The molecule has 0 bridgehead atoms. The van der Waals surface area contributed by atoms with Crippen molar-refractivity contribution in [3.05, 3.63) is 0 Å². The normalized spacial score (nSPS) is 28.3. The molecule has 0 aromatic rings. The van der Waals surface area contributed by atoms with Crippen molar-refractivity contribution in [3.63, 3.8) is 0 Å². The molecule has 66 valence electrons. The van der Waals surface area contributed by atoms with Crippen LogP contribution < -0.4 is 58.2 Å². The summed E-state index contributed by atoms with van der Waals surface area (Å²) in [5, 5.41) is 18.0. The minimum Gasteiger partial charge on any atom is -0.520 e. The Morgan fingerprint density at radius 1 is 1.33 bits per heavy atom. The van der Waals surface area contributed by atoms with Crippen LogP contribution in [0, 0.1) is 0 Å². The number of carbonyl (C=O) groups excluding carboxylic acids is 1. The summed E-state index contributed by atoms with van der Waals surface area (Å²) in [5.41, 5.74) is 0. The van der Waals surface area contributed by atoms with Gasteiger partial charge in [0, 0.05) is 6.54 Å². The molecule has 12 heavy (non-hydrogen) atoms. The van der Waals surface area contributed by atoms with E-state index >= 15 is 0 Å². The molecule has 1 aliphatic heterocycles. The molecule has 2 unspecified atom stereocenters. The number of piperidine rings is 1. The monoisotopic (exact) mass is 245 g/mol. The topological polar surface area (TPSA) is 60.8 Å². The number of hydrogen-bond donors (Lipinski definition) is 2. The van der Waals surface area contributed by atoms with Crippen LogP contribution in [0.25, 0.3) is 0 Å². The number of nitrogens with zero attached hydrogens (tertiary/aromatic N) is 1. The minimum absolute atomic E-state index is 0. The summed E-state index contributed by atoms with van der Waals surface area (Å²) >= 11 is 0. The van der Waals surface area contributed by atoms with Gasteiger partial charge in [-0.1, -0.05) is 7.43 Å². The molecule has 1 saturated heterocycles. The van der Waals surface area contributed by atoms with Crippen LogP contribution in [0.1, 0.15) is 13.8 Å². The van der Waals surface area contributed by atoms with Gasteiger partial charge in [0.1, 0.15) is 0 Å². The first-order valence-electron chi connectivity index (χ1n) is 3.23. The number of amides is 1. The van der Waals surface area contributed by atoms with E-state index in [1.54, 1.807) is 6.41 Å². The van der Waals surface area contributed by atoms with Gasteiger partial charge in [0.05, 0.1) is 12.2 Å². The molecular weight excluding hydrogens is 232 g/mol. The fraction of sp³-hybridized carbons (Fsp3) is 0.857. The molecule has 1 fully saturated rings. The van der Waals surface area contributed by atoms with Crippen LogP contribution in [0.15, 0.2) is 0 Å².